The van der Waals surface area contributed by atoms with E-state index in [9.17, 15) is 0 Å². The van der Waals surface area contributed by atoms with Gasteiger partial charge in [0.05, 0.1) is 0 Å². The van der Waals surface area contributed by atoms with Crippen LogP contribution in [0.3, 0.4) is 0 Å². The van der Waals surface area contributed by atoms with Gasteiger partial charge in [0.2, 0.25) is 0 Å². The van der Waals surface area contributed by atoms with Gasteiger partial charge in [0.25, 0.3) is 0 Å². The summed E-state index contributed by atoms with van der Waals surface area (Å²) in [7, 11) is 0. The van der Waals surface area contributed by atoms with Crippen molar-refractivity contribution in [3.05, 3.63) is 65.8 Å². The van der Waals surface area contributed by atoms with Crippen molar-refractivity contribution >= 4 is 0 Å². The molecular weight excluding hydrogens is 319 g/mol. The van der Waals surface area contributed by atoms with Gasteiger partial charge < -0.3 is 0 Å². The quantitative estimate of drug-likeness (QED) is 0.719. The van der Waals surface area contributed by atoms with Crippen molar-refractivity contribution in [3.63, 3.8) is 0 Å². The molecule has 0 saturated carbocycles. The minimum atomic E-state index is -0.0582. The summed E-state index contributed by atoms with van der Waals surface area (Å²) >= 11 is -0.0582. The van der Waals surface area contributed by atoms with Crippen LogP contribution in [0.4, 0.5) is 0 Å². The van der Waals surface area contributed by atoms with Gasteiger partial charge in [-0.3, -0.25) is 0 Å². The molecule has 0 nitrogen and oxygen atoms in total. The summed E-state index contributed by atoms with van der Waals surface area (Å²) in [6.07, 6.45) is 0. The second kappa shape index (κ2) is 5.21. The van der Waals surface area contributed by atoms with Crippen LogP contribution in [0.1, 0.15) is 22.3 Å². The maximum Gasteiger partial charge on any atom is 0.359 e. The molecule has 0 radical (unpaired) electrons. The highest BCUT2D eigenvalue weighted by atomic mass is 127. The van der Waals surface area contributed by atoms with Crippen LogP contribution in [-0.4, -0.2) is 0 Å². The van der Waals surface area contributed by atoms with Gasteiger partial charge in [0, 0.05) is 22.3 Å². The zero-order chi connectivity index (χ0) is 12.4. The number of hydrogen-bond donors (Lipinski definition) is 0. The van der Waals surface area contributed by atoms with Gasteiger partial charge in [-0.1, -0.05) is 36.4 Å². The highest BCUT2D eigenvalue weighted by Gasteiger charge is 2.24. The average molecular weight is 337 g/mol. The SMILES string of the molecule is Cc1cccc(C)c1[I+]c1c(C)cccc1C. The normalized spacial score (nSPS) is 10.6. The molecule has 88 valence electrons. The van der Waals surface area contributed by atoms with E-state index in [-0.39, 0.29) is 21.2 Å². The van der Waals surface area contributed by atoms with E-state index < -0.39 is 0 Å². The first-order valence-corrected chi connectivity index (χ1v) is 8.02. The number of hydrogen-bond acceptors (Lipinski definition) is 0. The van der Waals surface area contributed by atoms with Gasteiger partial charge in [0.1, 0.15) is 0 Å². The molecule has 0 N–H and O–H groups in total. The zero-order valence-electron chi connectivity index (χ0n) is 10.8. The molecule has 2 rings (SSSR count). The van der Waals surface area contributed by atoms with E-state index in [0.717, 1.165) is 0 Å². The fraction of sp³-hybridized carbons (Fsp3) is 0.250. The summed E-state index contributed by atoms with van der Waals surface area (Å²) in [5.74, 6) is 0. The van der Waals surface area contributed by atoms with Gasteiger partial charge >= 0.3 is 21.2 Å². The second-order valence-corrected chi connectivity index (χ2v) is 7.20. The maximum absolute atomic E-state index is 2.23. The van der Waals surface area contributed by atoms with Crippen LogP contribution >= 0.6 is 0 Å². The van der Waals surface area contributed by atoms with Gasteiger partial charge in [-0.05, 0) is 27.7 Å². The first-order valence-electron chi connectivity index (χ1n) is 5.87. The van der Waals surface area contributed by atoms with Crippen LogP contribution in [0.15, 0.2) is 36.4 Å². The van der Waals surface area contributed by atoms with Gasteiger partial charge in [-0.25, -0.2) is 0 Å². The van der Waals surface area contributed by atoms with E-state index >= 15 is 0 Å². The van der Waals surface area contributed by atoms with Crippen LogP contribution in [0.5, 0.6) is 0 Å². The third kappa shape index (κ3) is 2.71. The van der Waals surface area contributed by atoms with E-state index in [4.69, 9.17) is 0 Å². The second-order valence-electron chi connectivity index (χ2n) is 4.51. The van der Waals surface area contributed by atoms with Gasteiger partial charge in [-0.15, -0.1) is 0 Å². The van der Waals surface area contributed by atoms with E-state index in [1.54, 1.807) is 7.14 Å². The van der Waals surface area contributed by atoms with Crippen LogP contribution in [0, 0.1) is 34.8 Å². The zero-order valence-corrected chi connectivity index (χ0v) is 13.0. The Morgan fingerprint density at radius 3 is 1.18 bits per heavy atom. The van der Waals surface area contributed by atoms with Crippen LogP contribution < -0.4 is 21.2 Å². The van der Waals surface area contributed by atoms with Crippen molar-refractivity contribution < 1.29 is 21.2 Å². The fourth-order valence-electron chi connectivity index (χ4n) is 1.98. The summed E-state index contributed by atoms with van der Waals surface area (Å²) in [5.41, 5.74) is 5.78. The summed E-state index contributed by atoms with van der Waals surface area (Å²) in [5, 5.41) is 0. The van der Waals surface area contributed by atoms with Crippen molar-refractivity contribution in [2.75, 3.05) is 0 Å². The van der Waals surface area contributed by atoms with Crippen molar-refractivity contribution in [1.29, 1.82) is 0 Å². The molecule has 0 unspecified atom stereocenters. The molecule has 0 aliphatic rings. The molecular formula is C16H18I+. The summed E-state index contributed by atoms with van der Waals surface area (Å²) in [4.78, 5) is 0. The minimum absolute atomic E-state index is 0.0582. The van der Waals surface area contributed by atoms with Crippen molar-refractivity contribution in [3.8, 4) is 0 Å². The smallest absolute Gasteiger partial charge is 0.0614 e. The summed E-state index contributed by atoms with van der Waals surface area (Å²) in [6.45, 7) is 8.93. The molecule has 0 aliphatic carbocycles. The highest BCUT2D eigenvalue weighted by Crippen LogP contribution is 2.05. The molecule has 0 atom stereocenters. The summed E-state index contributed by atoms with van der Waals surface area (Å²) < 4.78 is 3.17. The molecule has 0 spiro atoms. The number of benzene rings is 2. The average Bonchev–Trinajstić information content (AvgIpc) is 2.27. The first kappa shape index (κ1) is 12.6. The van der Waals surface area contributed by atoms with E-state index in [0.29, 0.717) is 0 Å². The lowest BCUT2D eigenvalue weighted by Gasteiger charge is -2.01. The first-order chi connectivity index (χ1) is 8.09. The Kier molecular flexibility index (Phi) is 3.87. The predicted molar refractivity (Wildman–Crippen MR) is 69.2 cm³/mol. The molecule has 17 heavy (non-hydrogen) atoms. The number of rotatable bonds is 2. The molecule has 1 heteroatoms. The molecule has 0 aliphatic heterocycles. The Morgan fingerprint density at radius 2 is 0.882 bits per heavy atom. The highest BCUT2D eigenvalue weighted by molar-refractivity contribution is 5.23. The molecule has 2 aromatic rings. The third-order valence-corrected chi connectivity index (χ3v) is 7.44. The standard InChI is InChI=1S/C16H18I/c1-11-7-5-8-12(2)15(11)17-16-13(3)9-6-10-14(16)4/h5-10H,1-4H3/q+1. The summed E-state index contributed by atoms with van der Waals surface area (Å²) in [6, 6.07) is 13.2. The molecule has 0 saturated heterocycles. The molecule has 0 aromatic heterocycles. The van der Waals surface area contributed by atoms with E-state index in [2.05, 4.69) is 64.1 Å². The van der Waals surface area contributed by atoms with Crippen LogP contribution in [0.2, 0.25) is 0 Å². The van der Waals surface area contributed by atoms with Crippen LogP contribution in [-0.2, 0) is 0 Å². The van der Waals surface area contributed by atoms with E-state index in [1.165, 1.54) is 22.3 Å². The lowest BCUT2D eigenvalue weighted by molar-refractivity contribution is -0.600. The monoisotopic (exact) mass is 337 g/mol. The lowest BCUT2D eigenvalue weighted by Crippen LogP contribution is -3.62. The maximum atomic E-state index is 2.23. The minimum Gasteiger partial charge on any atom is -0.0614 e. The molecule has 2 aromatic carbocycles. The third-order valence-electron chi connectivity index (χ3n) is 2.96. The molecule has 0 heterocycles. The number of halogens is 1. The Hall–Kier alpha value is -0.830. The van der Waals surface area contributed by atoms with Gasteiger partial charge in [-0.2, -0.15) is 0 Å². The van der Waals surface area contributed by atoms with Crippen molar-refractivity contribution in [1.82, 2.24) is 0 Å². The molecule has 0 fully saturated rings. The van der Waals surface area contributed by atoms with Crippen molar-refractivity contribution in [2.24, 2.45) is 0 Å². The van der Waals surface area contributed by atoms with Crippen LogP contribution in [0.25, 0.3) is 0 Å². The Morgan fingerprint density at radius 1 is 0.588 bits per heavy atom. The lowest BCUT2D eigenvalue weighted by atomic mass is 10.2. The van der Waals surface area contributed by atoms with E-state index in [1.807, 2.05) is 0 Å². The fourth-order valence-corrected chi connectivity index (χ4v) is 4.94. The van der Waals surface area contributed by atoms with Crippen molar-refractivity contribution in [2.45, 2.75) is 27.7 Å². The molecule has 0 bridgehead atoms. The number of aryl methyl sites for hydroxylation is 4. The Balaban J connectivity index is 2.45. The predicted octanol–water partition coefficient (Wildman–Crippen LogP) is 1.05. The molecule has 0 amide bonds. The Labute approximate surface area is 114 Å². The largest absolute Gasteiger partial charge is 0.359 e. The Bertz CT molecular complexity index is 451. The topological polar surface area (TPSA) is 0 Å². The van der Waals surface area contributed by atoms with Gasteiger partial charge in [0.15, 0.2) is 7.14 Å².